The molecule has 7 heteroatoms. The number of anilines is 1. The van der Waals surface area contributed by atoms with E-state index in [0.717, 1.165) is 5.56 Å². The predicted octanol–water partition coefficient (Wildman–Crippen LogP) is 6.99. The van der Waals surface area contributed by atoms with Gasteiger partial charge in [-0.2, -0.15) is 0 Å². The van der Waals surface area contributed by atoms with Crippen molar-refractivity contribution in [2.24, 2.45) is 0 Å². The number of benzene rings is 3. The van der Waals surface area contributed by atoms with E-state index in [9.17, 15) is 9.59 Å². The average Bonchev–Trinajstić information content (AvgIpc) is 3.18. The second-order valence-electron chi connectivity index (χ2n) is 8.07. The van der Waals surface area contributed by atoms with Gasteiger partial charge in [-0.15, -0.1) is 0 Å². The van der Waals surface area contributed by atoms with Gasteiger partial charge in [0.25, 0.3) is 0 Å². The van der Waals surface area contributed by atoms with Crippen molar-refractivity contribution in [2.75, 3.05) is 5.32 Å². The maximum Gasteiger partial charge on any atom is 0.250 e. The number of nitrogens with zero attached hydrogens (tertiary/aromatic N) is 1. The molecule has 0 saturated carbocycles. The van der Waals surface area contributed by atoms with Crippen LogP contribution in [0.4, 0.5) is 5.69 Å². The number of amides is 1. The van der Waals surface area contributed by atoms with Crippen molar-refractivity contribution in [3.8, 4) is 0 Å². The van der Waals surface area contributed by atoms with Crippen molar-refractivity contribution in [1.82, 2.24) is 4.90 Å². The summed E-state index contributed by atoms with van der Waals surface area (Å²) in [4.78, 5) is 28.5. The third-order valence-electron chi connectivity index (χ3n) is 5.79. The van der Waals surface area contributed by atoms with Crippen LogP contribution in [0.1, 0.15) is 34.8 Å². The predicted molar refractivity (Wildman–Crippen MR) is 134 cm³/mol. The van der Waals surface area contributed by atoms with Crippen LogP contribution < -0.4 is 5.32 Å². The molecule has 168 valence electrons. The summed E-state index contributed by atoms with van der Waals surface area (Å²) >= 11 is 18.5. The SMILES string of the molecule is C[C@]1(C(=O)Nc2ccc(Cl)cc2C(=O)c2ccccc2)CC=CN1Cc1ccc(Cl)cc1Cl. The Balaban J connectivity index is 1.59. The highest BCUT2D eigenvalue weighted by Crippen LogP contribution is 2.33. The Morgan fingerprint density at radius 2 is 1.67 bits per heavy atom. The zero-order chi connectivity index (χ0) is 23.6. The summed E-state index contributed by atoms with van der Waals surface area (Å²) < 4.78 is 0. The molecule has 1 aliphatic heterocycles. The van der Waals surface area contributed by atoms with Gasteiger partial charge in [0.2, 0.25) is 5.91 Å². The highest BCUT2D eigenvalue weighted by molar-refractivity contribution is 6.35. The first-order valence-corrected chi connectivity index (χ1v) is 11.5. The largest absolute Gasteiger partial charge is 0.359 e. The molecule has 33 heavy (non-hydrogen) atoms. The van der Waals surface area contributed by atoms with Crippen LogP contribution in [0.3, 0.4) is 0 Å². The molecule has 0 saturated heterocycles. The van der Waals surface area contributed by atoms with E-state index < -0.39 is 5.54 Å². The van der Waals surface area contributed by atoms with Crippen LogP contribution >= 0.6 is 34.8 Å². The van der Waals surface area contributed by atoms with E-state index in [1.807, 2.05) is 36.2 Å². The summed E-state index contributed by atoms with van der Waals surface area (Å²) in [6.45, 7) is 2.30. The smallest absolute Gasteiger partial charge is 0.250 e. The lowest BCUT2D eigenvalue weighted by atomic mass is 9.95. The quantitative estimate of drug-likeness (QED) is 0.372. The number of carbonyl (C=O) groups excluding carboxylic acids is 2. The summed E-state index contributed by atoms with van der Waals surface area (Å²) in [5.41, 5.74) is 1.26. The molecule has 0 fully saturated rings. The lowest BCUT2D eigenvalue weighted by Gasteiger charge is -2.35. The Labute approximate surface area is 207 Å². The standard InChI is InChI=1S/C26H21Cl3N2O2/c1-26(12-5-13-31(26)16-18-8-9-20(28)15-22(18)29)25(33)30-23-11-10-19(27)14-21(23)24(32)17-6-3-2-4-7-17/h2-11,13-15H,12,16H2,1H3,(H,30,33)/t26-/m1/s1. The Morgan fingerprint density at radius 3 is 2.39 bits per heavy atom. The first kappa shape index (κ1) is 23.4. The van der Waals surface area contributed by atoms with Crippen LogP contribution in [0.15, 0.2) is 79.0 Å². The third kappa shape index (κ3) is 4.93. The number of halogens is 3. The number of hydrogen-bond donors (Lipinski definition) is 1. The molecular formula is C26H21Cl3N2O2. The van der Waals surface area contributed by atoms with E-state index in [0.29, 0.717) is 44.8 Å². The monoisotopic (exact) mass is 498 g/mol. The average molecular weight is 500 g/mol. The number of carbonyl (C=O) groups is 2. The van der Waals surface area contributed by atoms with Crippen molar-refractivity contribution in [3.05, 3.63) is 111 Å². The Morgan fingerprint density at radius 1 is 0.970 bits per heavy atom. The fourth-order valence-corrected chi connectivity index (χ4v) is 4.43. The van der Waals surface area contributed by atoms with Gasteiger partial charge in [0.15, 0.2) is 5.78 Å². The van der Waals surface area contributed by atoms with Gasteiger partial charge in [-0.1, -0.05) is 77.3 Å². The summed E-state index contributed by atoms with van der Waals surface area (Å²) in [6.07, 6.45) is 4.35. The summed E-state index contributed by atoms with van der Waals surface area (Å²) in [7, 11) is 0. The van der Waals surface area contributed by atoms with E-state index >= 15 is 0 Å². The van der Waals surface area contributed by atoms with Crippen LogP contribution in [0.2, 0.25) is 15.1 Å². The highest BCUT2D eigenvalue weighted by Gasteiger charge is 2.40. The van der Waals surface area contributed by atoms with Gasteiger partial charge in [-0.25, -0.2) is 0 Å². The molecule has 1 amide bonds. The van der Waals surface area contributed by atoms with Crippen LogP contribution in [-0.4, -0.2) is 22.1 Å². The second-order valence-corrected chi connectivity index (χ2v) is 9.35. The topological polar surface area (TPSA) is 49.4 Å². The summed E-state index contributed by atoms with van der Waals surface area (Å²) in [6, 6.07) is 19.1. The van der Waals surface area contributed by atoms with Gasteiger partial charge in [0.1, 0.15) is 5.54 Å². The lowest BCUT2D eigenvalue weighted by molar-refractivity contribution is -0.125. The van der Waals surface area contributed by atoms with Gasteiger partial charge in [0.05, 0.1) is 5.69 Å². The van der Waals surface area contributed by atoms with Gasteiger partial charge < -0.3 is 10.2 Å². The van der Waals surface area contributed by atoms with Gasteiger partial charge in [-0.05, 0) is 55.4 Å². The normalized spacial score (nSPS) is 17.3. The molecule has 1 heterocycles. The Hall–Kier alpha value is -2.79. The highest BCUT2D eigenvalue weighted by atomic mass is 35.5. The van der Waals surface area contributed by atoms with E-state index in [4.69, 9.17) is 34.8 Å². The van der Waals surface area contributed by atoms with Crippen molar-refractivity contribution < 1.29 is 9.59 Å². The van der Waals surface area contributed by atoms with Gasteiger partial charge in [0, 0.05) is 32.7 Å². The van der Waals surface area contributed by atoms with Crippen LogP contribution in [0.5, 0.6) is 0 Å². The first-order valence-electron chi connectivity index (χ1n) is 10.4. The Kier molecular flexibility index (Phi) is 6.80. The number of nitrogens with one attached hydrogen (secondary N) is 1. The maximum atomic E-state index is 13.5. The first-order chi connectivity index (χ1) is 15.8. The van der Waals surface area contributed by atoms with Crippen molar-refractivity contribution in [2.45, 2.75) is 25.4 Å². The van der Waals surface area contributed by atoms with E-state index in [-0.39, 0.29) is 11.7 Å². The molecule has 0 spiro atoms. The molecule has 0 aromatic heterocycles. The van der Waals surface area contributed by atoms with Gasteiger partial charge >= 0.3 is 0 Å². The molecule has 1 aliphatic rings. The zero-order valence-corrected chi connectivity index (χ0v) is 20.1. The molecule has 1 atom stereocenters. The fraction of sp³-hybridized carbons (Fsp3) is 0.154. The number of hydrogen-bond acceptors (Lipinski definition) is 3. The summed E-state index contributed by atoms with van der Waals surface area (Å²) in [5, 5.41) is 4.47. The maximum absolute atomic E-state index is 13.5. The van der Waals surface area contributed by atoms with Crippen LogP contribution in [0, 0.1) is 0 Å². The van der Waals surface area contributed by atoms with E-state index in [2.05, 4.69) is 5.32 Å². The molecule has 0 bridgehead atoms. The van der Waals surface area contributed by atoms with Crippen molar-refractivity contribution >= 4 is 52.2 Å². The second kappa shape index (κ2) is 9.60. The zero-order valence-electron chi connectivity index (χ0n) is 17.8. The Bertz CT molecular complexity index is 1240. The van der Waals surface area contributed by atoms with Crippen molar-refractivity contribution in [1.29, 1.82) is 0 Å². The molecule has 4 nitrogen and oxygen atoms in total. The molecule has 0 radical (unpaired) electrons. The van der Waals surface area contributed by atoms with Crippen molar-refractivity contribution in [3.63, 3.8) is 0 Å². The molecule has 3 aromatic rings. The third-order valence-corrected chi connectivity index (χ3v) is 6.61. The fourth-order valence-electron chi connectivity index (χ4n) is 3.79. The molecule has 4 rings (SSSR count). The van der Waals surface area contributed by atoms with E-state index in [1.165, 1.54) is 0 Å². The molecule has 0 aliphatic carbocycles. The molecule has 1 N–H and O–H groups in total. The van der Waals surface area contributed by atoms with Gasteiger partial charge in [-0.3, -0.25) is 9.59 Å². The minimum atomic E-state index is -0.865. The van der Waals surface area contributed by atoms with Crippen LogP contribution in [0.25, 0.3) is 0 Å². The van der Waals surface area contributed by atoms with E-state index in [1.54, 1.807) is 54.6 Å². The number of rotatable bonds is 6. The number of ketones is 1. The minimum absolute atomic E-state index is 0.215. The molecular weight excluding hydrogens is 479 g/mol. The lowest BCUT2D eigenvalue weighted by Crippen LogP contribution is -2.49. The minimum Gasteiger partial charge on any atom is -0.359 e. The molecule has 0 unspecified atom stereocenters. The summed E-state index contributed by atoms with van der Waals surface area (Å²) in [5.74, 6) is -0.449. The molecule has 3 aromatic carbocycles. The van der Waals surface area contributed by atoms with Crippen LogP contribution in [-0.2, 0) is 11.3 Å².